The van der Waals surface area contributed by atoms with Crippen molar-refractivity contribution in [3.8, 4) is 0 Å². The summed E-state index contributed by atoms with van der Waals surface area (Å²) < 4.78 is 27.0. The zero-order valence-electron chi connectivity index (χ0n) is 14.2. The van der Waals surface area contributed by atoms with Gasteiger partial charge in [0.1, 0.15) is 0 Å². The van der Waals surface area contributed by atoms with Crippen LogP contribution < -0.4 is 10.2 Å². The first-order chi connectivity index (χ1) is 12.0. The number of hydrogen-bond donors (Lipinski definition) is 1. The molecule has 134 valence electrons. The van der Waals surface area contributed by atoms with E-state index >= 15 is 0 Å². The maximum atomic E-state index is 12.1. The van der Waals surface area contributed by atoms with Crippen molar-refractivity contribution in [2.75, 3.05) is 50.5 Å². The number of piperazine rings is 1. The Bertz CT molecular complexity index is 788. The maximum Gasteiger partial charge on any atom is 0.281 e. The molecule has 0 amide bonds. The number of anilines is 3. The van der Waals surface area contributed by atoms with Crippen molar-refractivity contribution in [3.05, 3.63) is 36.7 Å². The second-order valence-corrected chi connectivity index (χ2v) is 7.96. The first-order valence-electron chi connectivity index (χ1n) is 7.90. The van der Waals surface area contributed by atoms with Crippen molar-refractivity contribution in [3.63, 3.8) is 0 Å². The van der Waals surface area contributed by atoms with E-state index in [-0.39, 0.29) is 0 Å². The van der Waals surface area contributed by atoms with Crippen LogP contribution >= 0.6 is 0 Å². The highest BCUT2D eigenvalue weighted by molar-refractivity contribution is 7.86. The third-order valence-electron chi connectivity index (χ3n) is 3.95. The first-order valence-corrected chi connectivity index (χ1v) is 9.30. The lowest BCUT2D eigenvalue weighted by Gasteiger charge is -2.35. The molecule has 0 aromatic carbocycles. The quantitative estimate of drug-likeness (QED) is 0.829. The molecule has 1 aliphatic rings. The van der Waals surface area contributed by atoms with Gasteiger partial charge >= 0.3 is 0 Å². The maximum absolute atomic E-state index is 12.1. The molecule has 25 heavy (non-hydrogen) atoms. The van der Waals surface area contributed by atoms with Crippen molar-refractivity contribution in [2.45, 2.75) is 0 Å². The van der Waals surface area contributed by atoms with Gasteiger partial charge in [0.05, 0.1) is 0 Å². The number of hydrogen-bond acceptors (Lipinski definition) is 7. The first kappa shape index (κ1) is 17.5. The van der Waals surface area contributed by atoms with E-state index in [1.807, 2.05) is 29.2 Å². The topological polar surface area (TPSA) is 94.6 Å². The van der Waals surface area contributed by atoms with Crippen LogP contribution in [0.25, 0.3) is 0 Å². The van der Waals surface area contributed by atoms with Crippen LogP contribution in [0.1, 0.15) is 0 Å². The molecule has 0 radical (unpaired) electrons. The Hall–Kier alpha value is -2.30. The van der Waals surface area contributed by atoms with Crippen LogP contribution in [0.15, 0.2) is 36.7 Å². The summed E-state index contributed by atoms with van der Waals surface area (Å²) in [5, 5.41) is 11.6. The van der Waals surface area contributed by atoms with Gasteiger partial charge in [0.2, 0.25) is 0 Å². The van der Waals surface area contributed by atoms with E-state index in [2.05, 4.69) is 20.5 Å². The van der Waals surface area contributed by atoms with Gasteiger partial charge < -0.3 is 10.2 Å². The molecular weight excluding hydrogens is 342 g/mol. The third-order valence-corrected chi connectivity index (χ3v) is 5.89. The average Bonchev–Trinajstić information content (AvgIpc) is 2.63. The lowest BCUT2D eigenvalue weighted by Crippen LogP contribution is -2.51. The summed E-state index contributed by atoms with van der Waals surface area (Å²) in [6.45, 7) is 2.02. The molecule has 1 N–H and O–H groups in total. The van der Waals surface area contributed by atoms with Crippen LogP contribution in [0.2, 0.25) is 0 Å². The highest BCUT2D eigenvalue weighted by Crippen LogP contribution is 2.18. The fourth-order valence-electron chi connectivity index (χ4n) is 2.52. The minimum absolute atomic E-state index is 0.430. The molecule has 1 fully saturated rings. The highest BCUT2D eigenvalue weighted by atomic mass is 32.2. The Morgan fingerprint density at radius 3 is 2.24 bits per heavy atom. The van der Waals surface area contributed by atoms with E-state index in [9.17, 15) is 8.42 Å². The normalized spacial score (nSPS) is 16.2. The standard InChI is InChI=1S/C15H21N7O2S/c1-20(2)25(23,24)22-11-9-21(10-12-22)15-4-3-14(18-19-15)17-13-5-7-16-8-6-13/h3-8H,9-12H2,1-2H3,(H,16,17,18). The van der Waals surface area contributed by atoms with Crippen LogP contribution in [-0.4, -0.2) is 72.5 Å². The molecule has 0 atom stereocenters. The fourth-order valence-corrected chi connectivity index (χ4v) is 3.61. The number of nitrogens with one attached hydrogen (secondary N) is 1. The summed E-state index contributed by atoms with van der Waals surface area (Å²) >= 11 is 0. The van der Waals surface area contributed by atoms with Crippen molar-refractivity contribution >= 4 is 27.5 Å². The summed E-state index contributed by atoms with van der Waals surface area (Å²) in [5.41, 5.74) is 0.888. The van der Waals surface area contributed by atoms with Crippen LogP contribution in [0.3, 0.4) is 0 Å². The summed E-state index contributed by atoms with van der Waals surface area (Å²) in [5.74, 6) is 1.38. The molecule has 2 aromatic heterocycles. The molecule has 0 saturated carbocycles. The highest BCUT2D eigenvalue weighted by Gasteiger charge is 2.28. The zero-order chi connectivity index (χ0) is 17.9. The van der Waals surface area contributed by atoms with Crippen molar-refractivity contribution in [1.82, 2.24) is 23.8 Å². The third kappa shape index (κ3) is 4.03. The number of nitrogens with zero attached hydrogens (tertiary/aromatic N) is 6. The predicted molar refractivity (Wildman–Crippen MR) is 95.9 cm³/mol. The second kappa shape index (κ2) is 7.30. The summed E-state index contributed by atoms with van der Waals surface area (Å²) in [6, 6.07) is 7.43. The molecule has 2 aromatic rings. The number of aromatic nitrogens is 3. The smallest absolute Gasteiger partial charge is 0.281 e. The zero-order valence-corrected chi connectivity index (χ0v) is 15.0. The van der Waals surface area contributed by atoms with Gasteiger partial charge in [0, 0.05) is 58.4 Å². The predicted octanol–water partition coefficient (Wildman–Crippen LogP) is 0.544. The molecule has 0 unspecified atom stereocenters. The lowest BCUT2D eigenvalue weighted by atomic mass is 10.3. The summed E-state index contributed by atoms with van der Waals surface area (Å²) in [6.07, 6.45) is 3.40. The van der Waals surface area contributed by atoms with Crippen LogP contribution in [0, 0.1) is 0 Å². The van der Waals surface area contributed by atoms with Gasteiger partial charge in [-0.15, -0.1) is 10.2 Å². The Balaban J connectivity index is 1.61. The molecule has 1 saturated heterocycles. The van der Waals surface area contributed by atoms with Crippen molar-refractivity contribution in [2.24, 2.45) is 0 Å². The van der Waals surface area contributed by atoms with Gasteiger partial charge in [-0.3, -0.25) is 4.98 Å². The Morgan fingerprint density at radius 1 is 1.00 bits per heavy atom. The summed E-state index contributed by atoms with van der Waals surface area (Å²) in [7, 11) is -0.271. The van der Waals surface area contributed by atoms with Gasteiger partial charge in [-0.2, -0.15) is 17.0 Å². The molecule has 3 rings (SSSR count). The lowest BCUT2D eigenvalue weighted by molar-refractivity contribution is 0.354. The van der Waals surface area contributed by atoms with Gasteiger partial charge in [-0.1, -0.05) is 0 Å². The molecule has 9 nitrogen and oxygen atoms in total. The van der Waals surface area contributed by atoms with Gasteiger partial charge in [0.25, 0.3) is 10.2 Å². The summed E-state index contributed by atoms with van der Waals surface area (Å²) in [4.78, 5) is 6.00. The molecular formula is C15H21N7O2S. The number of pyridine rings is 1. The largest absolute Gasteiger partial charge is 0.352 e. The molecule has 0 aliphatic carbocycles. The van der Waals surface area contributed by atoms with Crippen molar-refractivity contribution in [1.29, 1.82) is 0 Å². The monoisotopic (exact) mass is 363 g/mol. The van der Waals surface area contributed by atoms with E-state index in [1.54, 1.807) is 26.5 Å². The SMILES string of the molecule is CN(C)S(=O)(=O)N1CCN(c2ccc(Nc3ccncc3)nn2)CC1. The number of rotatable bonds is 5. The Labute approximate surface area is 147 Å². The molecule has 0 spiro atoms. The molecule has 10 heteroatoms. The minimum Gasteiger partial charge on any atom is -0.352 e. The van der Waals surface area contributed by atoms with Crippen LogP contribution in [0.5, 0.6) is 0 Å². The van der Waals surface area contributed by atoms with Gasteiger partial charge in [-0.05, 0) is 24.3 Å². The molecule has 1 aliphatic heterocycles. The minimum atomic E-state index is -3.36. The molecule has 3 heterocycles. The van der Waals surface area contributed by atoms with Crippen molar-refractivity contribution < 1.29 is 8.42 Å². The Kier molecular flexibility index (Phi) is 5.11. The average molecular weight is 363 g/mol. The fraction of sp³-hybridized carbons (Fsp3) is 0.400. The van der Waals surface area contributed by atoms with Gasteiger partial charge in [-0.25, -0.2) is 0 Å². The molecule has 0 bridgehead atoms. The van der Waals surface area contributed by atoms with Crippen LogP contribution in [-0.2, 0) is 10.2 Å². The van der Waals surface area contributed by atoms with E-state index in [0.29, 0.717) is 32.0 Å². The van der Waals surface area contributed by atoms with E-state index < -0.39 is 10.2 Å². The Morgan fingerprint density at radius 2 is 1.68 bits per heavy atom. The van der Waals surface area contributed by atoms with E-state index in [0.717, 1.165) is 11.5 Å². The second-order valence-electron chi connectivity index (χ2n) is 5.81. The van der Waals surface area contributed by atoms with E-state index in [1.165, 1.54) is 8.61 Å². The van der Waals surface area contributed by atoms with Crippen LogP contribution in [0.4, 0.5) is 17.3 Å². The van der Waals surface area contributed by atoms with Gasteiger partial charge in [0.15, 0.2) is 11.6 Å². The van der Waals surface area contributed by atoms with E-state index in [4.69, 9.17) is 0 Å².